The Kier molecular flexibility index (Phi) is 8.38. The Labute approximate surface area is 97.4 Å². The van der Waals surface area contributed by atoms with Crippen molar-refractivity contribution in [2.75, 3.05) is 37.7 Å². The maximum Gasteiger partial charge on any atom is 0.0438 e. The molecule has 0 aromatic heterocycles. The van der Waals surface area contributed by atoms with Gasteiger partial charge in [0.05, 0.1) is 0 Å². The Morgan fingerprint density at radius 1 is 1.33 bits per heavy atom. The highest BCUT2D eigenvalue weighted by Crippen LogP contribution is 2.05. The maximum absolute atomic E-state index is 8.60. The lowest BCUT2D eigenvalue weighted by Gasteiger charge is -2.23. The molecule has 0 spiro atoms. The van der Waals surface area contributed by atoms with Crippen LogP contribution in [-0.4, -0.2) is 48.9 Å². The van der Waals surface area contributed by atoms with Gasteiger partial charge in [-0.1, -0.05) is 6.42 Å². The fraction of sp³-hybridized carbons (Fsp3) is 1.00. The summed E-state index contributed by atoms with van der Waals surface area (Å²) in [5.74, 6) is 2.24. The number of nitrogens with one attached hydrogen (secondary N) is 2. The van der Waals surface area contributed by atoms with Crippen LogP contribution < -0.4 is 10.6 Å². The largest absolute Gasteiger partial charge is 0.396 e. The minimum absolute atomic E-state index is 0.326. The average molecular weight is 232 g/mol. The number of aliphatic hydroxyl groups excluding tert-OH is 1. The molecule has 1 atom stereocenters. The van der Waals surface area contributed by atoms with Gasteiger partial charge in [0.1, 0.15) is 0 Å². The minimum atomic E-state index is 0.326. The molecule has 3 nitrogen and oxygen atoms in total. The molecule has 1 heterocycles. The fourth-order valence-electron chi connectivity index (χ4n) is 1.79. The first kappa shape index (κ1) is 13.3. The summed E-state index contributed by atoms with van der Waals surface area (Å²) >= 11 is 1.92. The standard InChI is InChI=1S/C11H24N2OS/c14-7-3-8-15-9-6-12-10-11-4-1-2-5-13-11/h11-14H,1-10H2. The lowest BCUT2D eigenvalue weighted by molar-refractivity contribution is 0.296. The van der Waals surface area contributed by atoms with E-state index in [1.807, 2.05) is 11.8 Å². The molecule has 1 unspecified atom stereocenters. The molecule has 90 valence electrons. The third-order valence-corrected chi connectivity index (χ3v) is 3.74. The highest BCUT2D eigenvalue weighted by molar-refractivity contribution is 7.99. The molecule has 0 aliphatic carbocycles. The van der Waals surface area contributed by atoms with Crippen LogP contribution in [-0.2, 0) is 0 Å². The van der Waals surface area contributed by atoms with E-state index in [2.05, 4.69) is 10.6 Å². The molecular formula is C11H24N2OS. The molecule has 1 aliphatic heterocycles. The quantitative estimate of drug-likeness (QED) is 0.543. The summed E-state index contributed by atoms with van der Waals surface area (Å²) in [4.78, 5) is 0. The van der Waals surface area contributed by atoms with Crippen LogP contribution in [0.1, 0.15) is 25.7 Å². The summed E-state index contributed by atoms with van der Waals surface area (Å²) < 4.78 is 0. The second-order valence-electron chi connectivity index (χ2n) is 4.04. The van der Waals surface area contributed by atoms with E-state index < -0.39 is 0 Å². The molecule has 1 rings (SSSR count). The van der Waals surface area contributed by atoms with E-state index in [-0.39, 0.29) is 0 Å². The highest BCUT2D eigenvalue weighted by Gasteiger charge is 2.10. The SMILES string of the molecule is OCCCSCCNCC1CCCCN1. The van der Waals surface area contributed by atoms with Crippen LogP contribution in [0.15, 0.2) is 0 Å². The summed E-state index contributed by atoms with van der Waals surface area (Å²) in [5, 5.41) is 15.6. The molecule has 1 aliphatic rings. The van der Waals surface area contributed by atoms with Crippen molar-refractivity contribution in [3.63, 3.8) is 0 Å². The molecule has 0 radical (unpaired) electrons. The Morgan fingerprint density at radius 3 is 3.00 bits per heavy atom. The zero-order valence-corrected chi connectivity index (χ0v) is 10.3. The van der Waals surface area contributed by atoms with Crippen molar-refractivity contribution in [3.05, 3.63) is 0 Å². The van der Waals surface area contributed by atoms with Gasteiger partial charge in [-0.15, -0.1) is 0 Å². The van der Waals surface area contributed by atoms with Crippen molar-refractivity contribution in [1.82, 2.24) is 10.6 Å². The van der Waals surface area contributed by atoms with Crippen LogP contribution in [0.4, 0.5) is 0 Å². The van der Waals surface area contributed by atoms with Gasteiger partial charge in [-0.2, -0.15) is 11.8 Å². The number of piperidine rings is 1. The molecular weight excluding hydrogens is 208 g/mol. The van der Waals surface area contributed by atoms with Crippen molar-refractivity contribution < 1.29 is 5.11 Å². The maximum atomic E-state index is 8.60. The number of aliphatic hydroxyl groups is 1. The van der Waals surface area contributed by atoms with E-state index in [1.54, 1.807) is 0 Å². The number of hydrogen-bond acceptors (Lipinski definition) is 4. The van der Waals surface area contributed by atoms with Crippen molar-refractivity contribution in [3.8, 4) is 0 Å². The van der Waals surface area contributed by atoms with Gasteiger partial charge in [0, 0.05) is 31.5 Å². The van der Waals surface area contributed by atoms with E-state index in [1.165, 1.54) is 25.8 Å². The van der Waals surface area contributed by atoms with Gasteiger partial charge in [0.25, 0.3) is 0 Å². The third-order valence-electron chi connectivity index (χ3n) is 2.67. The first-order valence-corrected chi connectivity index (χ1v) is 7.21. The smallest absolute Gasteiger partial charge is 0.0438 e. The number of hydrogen-bond donors (Lipinski definition) is 3. The Morgan fingerprint density at radius 2 is 2.27 bits per heavy atom. The summed E-state index contributed by atoms with van der Waals surface area (Å²) in [6, 6.07) is 0.696. The average Bonchev–Trinajstić information content (AvgIpc) is 2.29. The van der Waals surface area contributed by atoms with Crippen LogP contribution in [0, 0.1) is 0 Å². The van der Waals surface area contributed by atoms with Gasteiger partial charge in [-0.25, -0.2) is 0 Å². The van der Waals surface area contributed by atoms with Gasteiger partial charge in [0.2, 0.25) is 0 Å². The Balaban J connectivity index is 1.79. The Hall–Kier alpha value is 0.230. The lowest BCUT2D eigenvalue weighted by Crippen LogP contribution is -2.42. The van der Waals surface area contributed by atoms with Crippen molar-refractivity contribution in [2.24, 2.45) is 0 Å². The first-order chi connectivity index (χ1) is 7.43. The molecule has 0 saturated carbocycles. The second kappa shape index (κ2) is 9.46. The van der Waals surface area contributed by atoms with Crippen LogP contribution in [0.2, 0.25) is 0 Å². The predicted octanol–water partition coefficient (Wildman–Crippen LogP) is 0.834. The van der Waals surface area contributed by atoms with Crippen LogP contribution >= 0.6 is 11.8 Å². The van der Waals surface area contributed by atoms with Crippen LogP contribution in [0.3, 0.4) is 0 Å². The molecule has 0 aromatic carbocycles. The summed E-state index contributed by atoms with van der Waals surface area (Å²) in [5.41, 5.74) is 0. The molecule has 4 heteroatoms. The van der Waals surface area contributed by atoms with Crippen LogP contribution in [0.25, 0.3) is 0 Å². The zero-order chi connectivity index (χ0) is 10.8. The second-order valence-corrected chi connectivity index (χ2v) is 5.27. The minimum Gasteiger partial charge on any atom is -0.396 e. The van der Waals surface area contributed by atoms with E-state index in [4.69, 9.17) is 5.11 Å². The van der Waals surface area contributed by atoms with E-state index >= 15 is 0 Å². The normalized spacial score (nSPS) is 21.8. The molecule has 3 N–H and O–H groups in total. The van der Waals surface area contributed by atoms with Gasteiger partial charge in [-0.05, 0) is 31.6 Å². The first-order valence-electron chi connectivity index (χ1n) is 6.06. The van der Waals surface area contributed by atoms with E-state index in [0.29, 0.717) is 12.6 Å². The Bertz CT molecular complexity index is 141. The summed E-state index contributed by atoms with van der Waals surface area (Å²) in [6.07, 6.45) is 4.97. The van der Waals surface area contributed by atoms with Gasteiger partial charge >= 0.3 is 0 Å². The van der Waals surface area contributed by atoms with Crippen molar-refractivity contribution >= 4 is 11.8 Å². The molecule has 0 aromatic rings. The predicted molar refractivity (Wildman–Crippen MR) is 67.5 cm³/mol. The molecule has 15 heavy (non-hydrogen) atoms. The van der Waals surface area contributed by atoms with Crippen molar-refractivity contribution in [1.29, 1.82) is 0 Å². The third kappa shape index (κ3) is 7.17. The zero-order valence-electron chi connectivity index (χ0n) is 9.50. The lowest BCUT2D eigenvalue weighted by atomic mass is 10.1. The number of thioether (sulfide) groups is 1. The number of rotatable bonds is 8. The summed E-state index contributed by atoms with van der Waals surface area (Å²) in [6.45, 7) is 3.72. The van der Waals surface area contributed by atoms with Crippen molar-refractivity contribution in [2.45, 2.75) is 31.7 Å². The van der Waals surface area contributed by atoms with Gasteiger partial charge in [-0.3, -0.25) is 0 Å². The molecule has 0 bridgehead atoms. The highest BCUT2D eigenvalue weighted by atomic mass is 32.2. The molecule has 1 fully saturated rings. The van der Waals surface area contributed by atoms with Gasteiger partial charge < -0.3 is 15.7 Å². The summed E-state index contributed by atoms with van der Waals surface area (Å²) in [7, 11) is 0. The monoisotopic (exact) mass is 232 g/mol. The van der Waals surface area contributed by atoms with Gasteiger partial charge in [0.15, 0.2) is 0 Å². The fourth-order valence-corrected chi connectivity index (χ4v) is 2.61. The topological polar surface area (TPSA) is 44.3 Å². The van der Waals surface area contributed by atoms with Crippen LogP contribution in [0.5, 0.6) is 0 Å². The van der Waals surface area contributed by atoms with E-state index in [9.17, 15) is 0 Å². The molecule has 1 saturated heterocycles. The molecule has 0 amide bonds. The van der Waals surface area contributed by atoms with E-state index in [0.717, 1.165) is 31.0 Å².